The number of carbonyl (C=O) groups is 1. The summed E-state index contributed by atoms with van der Waals surface area (Å²) in [5.41, 5.74) is 0.0935. The van der Waals surface area contributed by atoms with E-state index < -0.39 is 17.6 Å². The Bertz CT molecular complexity index is 578. The van der Waals surface area contributed by atoms with Crippen LogP contribution in [0.25, 0.3) is 0 Å². The van der Waals surface area contributed by atoms with Crippen molar-refractivity contribution in [2.75, 3.05) is 11.9 Å². The van der Waals surface area contributed by atoms with E-state index in [1.165, 1.54) is 0 Å². The van der Waals surface area contributed by atoms with Gasteiger partial charge in [0.2, 0.25) is 0 Å². The lowest BCUT2D eigenvalue weighted by atomic mass is 10.3. The van der Waals surface area contributed by atoms with Gasteiger partial charge < -0.3 is 14.5 Å². The monoisotopic (exact) mass is 268 g/mol. The van der Waals surface area contributed by atoms with E-state index in [0.717, 1.165) is 24.5 Å². The highest BCUT2D eigenvalue weighted by Gasteiger charge is 2.13. The number of ether oxygens (including phenoxy) is 1. The number of nitrogens with zero attached hydrogens (tertiary/aromatic N) is 1. The van der Waals surface area contributed by atoms with E-state index in [-0.39, 0.29) is 24.0 Å². The van der Waals surface area contributed by atoms with Crippen LogP contribution >= 0.6 is 0 Å². The molecule has 1 N–H and O–H groups in total. The quantitative estimate of drug-likeness (QED) is 0.864. The fraction of sp³-hybridized carbons (Fsp3) is 0.167. The van der Waals surface area contributed by atoms with Gasteiger partial charge in [-0.25, -0.2) is 13.6 Å². The van der Waals surface area contributed by atoms with Gasteiger partial charge in [-0.2, -0.15) is 4.98 Å². The Balaban J connectivity index is 2.13. The van der Waals surface area contributed by atoms with Gasteiger partial charge in [0.15, 0.2) is 5.69 Å². The van der Waals surface area contributed by atoms with Gasteiger partial charge >= 0.3 is 5.97 Å². The van der Waals surface area contributed by atoms with Crippen molar-refractivity contribution in [1.82, 2.24) is 4.98 Å². The zero-order valence-electron chi connectivity index (χ0n) is 9.94. The van der Waals surface area contributed by atoms with E-state index in [9.17, 15) is 13.6 Å². The van der Waals surface area contributed by atoms with Gasteiger partial charge in [0.1, 0.15) is 17.9 Å². The third kappa shape index (κ3) is 3.27. The van der Waals surface area contributed by atoms with Crippen molar-refractivity contribution in [1.29, 1.82) is 0 Å². The molecule has 2 aromatic rings. The molecular weight excluding hydrogens is 258 g/mol. The van der Waals surface area contributed by atoms with Crippen LogP contribution in [0.1, 0.15) is 17.4 Å². The average Bonchev–Trinajstić information content (AvgIpc) is 2.76. The molecule has 0 atom stereocenters. The number of halogens is 2. The molecule has 0 aliphatic carbocycles. The van der Waals surface area contributed by atoms with Crippen molar-refractivity contribution in [3.8, 4) is 0 Å². The minimum Gasteiger partial charge on any atom is -0.461 e. The number of esters is 1. The second kappa shape index (κ2) is 5.47. The minimum absolute atomic E-state index is 0.0266. The molecule has 0 aliphatic rings. The maximum Gasteiger partial charge on any atom is 0.360 e. The van der Waals surface area contributed by atoms with Crippen LogP contribution in [-0.4, -0.2) is 17.6 Å². The van der Waals surface area contributed by atoms with Gasteiger partial charge in [-0.05, 0) is 19.1 Å². The molecule has 0 saturated heterocycles. The summed E-state index contributed by atoms with van der Waals surface area (Å²) in [5.74, 6) is -2.11. The number of hydrogen-bond donors (Lipinski definition) is 1. The summed E-state index contributed by atoms with van der Waals surface area (Å²) in [5, 5.41) is 2.54. The summed E-state index contributed by atoms with van der Waals surface area (Å²) >= 11 is 0. The smallest absolute Gasteiger partial charge is 0.360 e. The zero-order valence-corrected chi connectivity index (χ0v) is 9.94. The highest BCUT2D eigenvalue weighted by molar-refractivity contribution is 5.87. The van der Waals surface area contributed by atoms with Crippen LogP contribution in [0.5, 0.6) is 0 Å². The molecule has 0 amide bonds. The molecule has 1 aromatic heterocycles. The van der Waals surface area contributed by atoms with E-state index in [2.05, 4.69) is 10.3 Å². The first-order chi connectivity index (χ1) is 9.08. The highest BCUT2D eigenvalue weighted by atomic mass is 19.1. The standard InChI is InChI=1S/C12H10F2N2O3/c1-2-18-11(17)10-6-19-12(16-10)15-9-4-7(13)3-8(14)5-9/h3-6H,2H2,1H3,(H,15,16). The molecule has 1 heterocycles. The number of aromatic nitrogens is 1. The first kappa shape index (κ1) is 13.0. The second-order valence-electron chi connectivity index (χ2n) is 3.54. The average molecular weight is 268 g/mol. The first-order valence-corrected chi connectivity index (χ1v) is 5.44. The van der Waals surface area contributed by atoms with Crippen LogP contribution < -0.4 is 5.32 Å². The number of hydrogen-bond acceptors (Lipinski definition) is 5. The van der Waals surface area contributed by atoms with Crippen LogP contribution in [0.4, 0.5) is 20.5 Å². The largest absolute Gasteiger partial charge is 0.461 e. The van der Waals surface area contributed by atoms with Crippen molar-refractivity contribution in [3.05, 3.63) is 41.8 Å². The van der Waals surface area contributed by atoms with Crippen LogP contribution in [0, 0.1) is 11.6 Å². The Labute approximate surface area is 107 Å². The van der Waals surface area contributed by atoms with E-state index in [1.807, 2.05) is 0 Å². The maximum atomic E-state index is 13.0. The van der Waals surface area contributed by atoms with Crippen LogP contribution in [0.3, 0.4) is 0 Å². The molecule has 0 saturated carbocycles. The summed E-state index contributed by atoms with van der Waals surface area (Å²) in [7, 11) is 0. The Kier molecular flexibility index (Phi) is 3.74. The molecule has 0 aliphatic heterocycles. The number of carbonyl (C=O) groups excluding carboxylic acids is 1. The zero-order chi connectivity index (χ0) is 13.8. The summed E-state index contributed by atoms with van der Waals surface area (Å²) < 4.78 is 35.6. The summed E-state index contributed by atoms with van der Waals surface area (Å²) in [6.07, 6.45) is 1.09. The van der Waals surface area contributed by atoms with Crippen molar-refractivity contribution < 1.29 is 22.7 Å². The van der Waals surface area contributed by atoms with Gasteiger partial charge in [-0.15, -0.1) is 0 Å². The number of anilines is 2. The Hall–Kier alpha value is -2.44. The van der Waals surface area contributed by atoms with E-state index in [1.54, 1.807) is 6.92 Å². The van der Waals surface area contributed by atoms with Crippen molar-refractivity contribution in [3.63, 3.8) is 0 Å². The number of benzene rings is 1. The summed E-state index contributed by atoms with van der Waals surface area (Å²) in [6.45, 7) is 1.87. The predicted molar refractivity (Wildman–Crippen MR) is 62.1 cm³/mol. The Morgan fingerprint density at radius 3 is 2.68 bits per heavy atom. The molecule has 0 bridgehead atoms. The maximum absolute atomic E-state index is 13.0. The Morgan fingerprint density at radius 2 is 2.05 bits per heavy atom. The molecule has 1 aromatic carbocycles. The summed E-state index contributed by atoms with van der Waals surface area (Å²) in [6, 6.07) is 2.81. The SMILES string of the molecule is CCOC(=O)c1coc(Nc2cc(F)cc(F)c2)n1. The molecular formula is C12H10F2N2O3. The fourth-order valence-electron chi connectivity index (χ4n) is 1.38. The van der Waals surface area contributed by atoms with Crippen molar-refractivity contribution >= 4 is 17.7 Å². The molecule has 0 spiro atoms. The lowest BCUT2D eigenvalue weighted by molar-refractivity contribution is 0.0519. The van der Waals surface area contributed by atoms with E-state index >= 15 is 0 Å². The molecule has 2 rings (SSSR count). The van der Waals surface area contributed by atoms with Crippen molar-refractivity contribution in [2.45, 2.75) is 6.92 Å². The molecule has 7 heteroatoms. The molecule has 5 nitrogen and oxygen atoms in total. The summed E-state index contributed by atoms with van der Waals surface area (Å²) in [4.78, 5) is 15.1. The number of rotatable bonds is 4. The number of oxazole rings is 1. The lowest BCUT2D eigenvalue weighted by Gasteiger charge is -2.01. The lowest BCUT2D eigenvalue weighted by Crippen LogP contribution is -2.05. The van der Waals surface area contributed by atoms with Crippen LogP contribution in [0.15, 0.2) is 28.9 Å². The highest BCUT2D eigenvalue weighted by Crippen LogP contribution is 2.18. The predicted octanol–water partition coefficient (Wildman–Crippen LogP) is 2.87. The van der Waals surface area contributed by atoms with Crippen molar-refractivity contribution in [2.24, 2.45) is 0 Å². The van der Waals surface area contributed by atoms with Gasteiger partial charge in [-0.1, -0.05) is 0 Å². The van der Waals surface area contributed by atoms with Gasteiger partial charge in [-0.3, -0.25) is 0 Å². The third-order valence-electron chi connectivity index (χ3n) is 2.10. The van der Waals surface area contributed by atoms with Crippen LogP contribution in [-0.2, 0) is 4.74 Å². The molecule has 100 valence electrons. The molecule has 19 heavy (non-hydrogen) atoms. The van der Waals surface area contributed by atoms with E-state index in [4.69, 9.17) is 9.15 Å². The van der Waals surface area contributed by atoms with Gasteiger partial charge in [0.05, 0.1) is 6.61 Å². The molecule has 0 unspecified atom stereocenters. The van der Waals surface area contributed by atoms with Crippen LogP contribution in [0.2, 0.25) is 0 Å². The first-order valence-electron chi connectivity index (χ1n) is 5.44. The van der Waals surface area contributed by atoms with Gasteiger partial charge in [0.25, 0.3) is 6.01 Å². The van der Waals surface area contributed by atoms with E-state index in [0.29, 0.717) is 0 Å². The second-order valence-corrected chi connectivity index (χ2v) is 3.54. The third-order valence-corrected chi connectivity index (χ3v) is 2.10. The molecule has 0 fully saturated rings. The number of nitrogens with one attached hydrogen (secondary N) is 1. The Morgan fingerprint density at radius 1 is 1.37 bits per heavy atom. The fourth-order valence-corrected chi connectivity index (χ4v) is 1.38. The topological polar surface area (TPSA) is 64.4 Å². The normalized spacial score (nSPS) is 10.3. The van der Waals surface area contributed by atoms with Gasteiger partial charge in [0, 0.05) is 11.8 Å². The molecule has 0 radical (unpaired) electrons. The minimum atomic E-state index is -0.736.